The van der Waals surface area contributed by atoms with E-state index >= 15 is 0 Å². The maximum Gasteiger partial charge on any atom is 0.178 e. The number of para-hydroxylation sites is 1. The molecule has 1 atom stereocenters. The molecule has 3 aromatic rings. The van der Waals surface area contributed by atoms with Gasteiger partial charge in [0.2, 0.25) is 0 Å². The zero-order chi connectivity index (χ0) is 14.4. The monoisotopic (exact) mass is 300 g/mol. The van der Waals surface area contributed by atoms with Crippen LogP contribution in [-0.4, -0.2) is 15.7 Å². The van der Waals surface area contributed by atoms with Gasteiger partial charge in [-0.25, -0.2) is 4.39 Å². The van der Waals surface area contributed by atoms with Gasteiger partial charge in [-0.15, -0.1) is 0 Å². The summed E-state index contributed by atoms with van der Waals surface area (Å²) in [4.78, 5) is 3.10. The largest absolute Gasteiger partial charge is 0.488 e. The van der Waals surface area contributed by atoms with Crippen molar-refractivity contribution >= 4 is 23.3 Å². The van der Waals surface area contributed by atoms with Crippen LogP contribution in [0, 0.1) is 10.6 Å². The van der Waals surface area contributed by atoms with Crippen LogP contribution in [0.15, 0.2) is 42.5 Å². The Hall–Kier alpha value is -2.14. The zero-order valence-electron chi connectivity index (χ0n) is 11.2. The Morgan fingerprint density at radius 2 is 2.14 bits per heavy atom. The standard InChI is InChI=1S/C16H13FN2OS/c17-11-5-6-13-14(8-11)19(16(21)18-13)9-12-7-10-3-1-2-4-15(10)20-12/h1-6,8,12H,7,9H2,(H,18,21). The molecule has 0 radical (unpaired) electrons. The van der Waals surface area contributed by atoms with Gasteiger partial charge < -0.3 is 14.3 Å². The van der Waals surface area contributed by atoms with E-state index in [1.165, 1.54) is 17.7 Å². The number of nitrogens with one attached hydrogen (secondary N) is 1. The number of ether oxygens (including phenoxy) is 1. The van der Waals surface area contributed by atoms with Crippen LogP contribution >= 0.6 is 12.2 Å². The molecule has 0 saturated heterocycles. The number of hydrogen-bond donors (Lipinski definition) is 1. The first-order valence-electron chi connectivity index (χ1n) is 6.83. The number of halogens is 1. The van der Waals surface area contributed by atoms with Gasteiger partial charge in [-0.2, -0.15) is 0 Å². The highest BCUT2D eigenvalue weighted by Crippen LogP contribution is 2.29. The quantitative estimate of drug-likeness (QED) is 0.729. The molecule has 5 heteroatoms. The van der Waals surface area contributed by atoms with E-state index in [4.69, 9.17) is 17.0 Å². The molecule has 1 aliphatic rings. The Kier molecular flexibility index (Phi) is 2.82. The van der Waals surface area contributed by atoms with E-state index in [2.05, 4.69) is 11.1 Å². The zero-order valence-corrected chi connectivity index (χ0v) is 12.0. The molecule has 0 spiro atoms. The number of imidazole rings is 1. The predicted octanol–water partition coefficient (Wildman–Crippen LogP) is 3.84. The van der Waals surface area contributed by atoms with Gasteiger partial charge in [0.15, 0.2) is 4.77 Å². The number of rotatable bonds is 2. The second kappa shape index (κ2) is 4.70. The first kappa shape index (κ1) is 12.6. The Bertz CT molecular complexity index is 858. The lowest BCUT2D eigenvalue weighted by atomic mass is 10.1. The smallest absolute Gasteiger partial charge is 0.178 e. The van der Waals surface area contributed by atoms with E-state index in [1.807, 2.05) is 22.8 Å². The van der Waals surface area contributed by atoms with Gasteiger partial charge >= 0.3 is 0 Å². The fraction of sp³-hybridized carbons (Fsp3) is 0.188. The third kappa shape index (κ3) is 2.14. The van der Waals surface area contributed by atoms with Crippen molar-refractivity contribution in [3.8, 4) is 5.75 Å². The highest BCUT2D eigenvalue weighted by Gasteiger charge is 2.23. The van der Waals surface area contributed by atoms with E-state index in [-0.39, 0.29) is 11.9 Å². The summed E-state index contributed by atoms with van der Waals surface area (Å²) in [6.45, 7) is 0.608. The summed E-state index contributed by atoms with van der Waals surface area (Å²) >= 11 is 5.35. The Morgan fingerprint density at radius 3 is 3.00 bits per heavy atom. The van der Waals surface area contributed by atoms with Gasteiger partial charge in [0.1, 0.15) is 17.7 Å². The summed E-state index contributed by atoms with van der Waals surface area (Å²) in [5, 5.41) is 0. The summed E-state index contributed by atoms with van der Waals surface area (Å²) in [6, 6.07) is 12.7. The first-order chi connectivity index (χ1) is 10.2. The molecule has 0 bridgehead atoms. The van der Waals surface area contributed by atoms with Gasteiger partial charge in [0.05, 0.1) is 17.6 Å². The van der Waals surface area contributed by atoms with Crippen LogP contribution in [0.4, 0.5) is 4.39 Å². The molecule has 1 aliphatic heterocycles. The molecule has 106 valence electrons. The first-order valence-corrected chi connectivity index (χ1v) is 7.24. The van der Waals surface area contributed by atoms with Crippen molar-refractivity contribution in [3.63, 3.8) is 0 Å². The topological polar surface area (TPSA) is 29.9 Å². The van der Waals surface area contributed by atoms with E-state index in [0.717, 1.165) is 23.2 Å². The van der Waals surface area contributed by atoms with E-state index in [0.29, 0.717) is 11.3 Å². The molecular weight excluding hydrogens is 287 g/mol. The molecule has 0 saturated carbocycles. The van der Waals surface area contributed by atoms with Crippen molar-refractivity contribution < 1.29 is 9.13 Å². The van der Waals surface area contributed by atoms with Crippen LogP contribution in [0.1, 0.15) is 5.56 Å². The Morgan fingerprint density at radius 1 is 1.29 bits per heavy atom. The van der Waals surface area contributed by atoms with Crippen LogP contribution in [0.2, 0.25) is 0 Å². The molecule has 1 N–H and O–H groups in total. The lowest BCUT2D eigenvalue weighted by Gasteiger charge is -2.12. The number of aromatic nitrogens is 2. The van der Waals surface area contributed by atoms with E-state index < -0.39 is 0 Å². The number of aromatic amines is 1. The van der Waals surface area contributed by atoms with Gasteiger partial charge in [0, 0.05) is 6.42 Å². The minimum Gasteiger partial charge on any atom is -0.488 e. The molecule has 3 nitrogen and oxygen atoms in total. The minimum atomic E-state index is -0.263. The number of H-pyrrole nitrogens is 1. The molecule has 0 amide bonds. The Labute approximate surface area is 126 Å². The fourth-order valence-corrected chi connectivity index (χ4v) is 3.15. The van der Waals surface area contributed by atoms with Crippen molar-refractivity contribution in [2.24, 2.45) is 0 Å². The van der Waals surface area contributed by atoms with Gasteiger partial charge in [-0.05, 0) is 42.0 Å². The van der Waals surface area contributed by atoms with Gasteiger partial charge in [0.25, 0.3) is 0 Å². The van der Waals surface area contributed by atoms with Crippen LogP contribution < -0.4 is 4.74 Å². The normalized spacial score (nSPS) is 16.9. The molecular formula is C16H13FN2OS. The molecule has 0 aliphatic carbocycles. The van der Waals surface area contributed by atoms with Crippen LogP contribution in [0.5, 0.6) is 5.75 Å². The third-order valence-electron chi connectivity index (χ3n) is 3.84. The molecule has 2 heterocycles. The number of benzene rings is 2. The maximum absolute atomic E-state index is 13.5. The maximum atomic E-state index is 13.5. The molecule has 21 heavy (non-hydrogen) atoms. The SMILES string of the molecule is Fc1ccc2[nH]c(=S)n(CC3Cc4ccccc4O3)c2c1. The lowest BCUT2D eigenvalue weighted by molar-refractivity contribution is 0.210. The van der Waals surface area contributed by atoms with Crippen molar-refractivity contribution in [1.29, 1.82) is 0 Å². The van der Waals surface area contributed by atoms with Crippen LogP contribution in [0.3, 0.4) is 0 Å². The summed E-state index contributed by atoms with van der Waals surface area (Å²) < 4.78 is 21.9. The third-order valence-corrected chi connectivity index (χ3v) is 4.16. The molecule has 1 aromatic heterocycles. The second-order valence-electron chi connectivity index (χ2n) is 5.25. The number of hydrogen-bond acceptors (Lipinski definition) is 2. The van der Waals surface area contributed by atoms with Crippen LogP contribution in [-0.2, 0) is 13.0 Å². The van der Waals surface area contributed by atoms with Crippen molar-refractivity contribution in [1.82, 2.24) is 9.55 Å². The highest BCUT2D eigenvalue weighted by atomic mass is 32.1. The average Bonchev–Trinajstić information content (AvgIpc) is 3.01. The van der Waals surface area contributed by atoms with E-state index in [1.54, 1.807) is 6.07 Å². The van der Waals surface area contributed by atoms with Crippen molar-refractivity contribution in [2.45, 2.75) is 19.1 Å². The molecule has 0 fully saturated rings. The molecule has 1 unspecified atom stereocenters. The fourth-order valence-electron chi connectivity index (χ4n) is 2.87. The highest BCUT2D eigenvalue weighted by molar-refractivity contribution is 7.71. The van der Waals surface area contributed by atoms with E-state index in [9.17, 15) is 4.39 Å². The number of nitrogens with zero attached hydrogens (tertiary/aromatic N) is 1. The van der Waals surface area contributed by atoms with Gasteiger partial charge in [-0.1, -0.05) is 18.2 Å². The molecule has 4 rings (SSSR count). The summed E-state index contributed by atoms with van der Waals surface area (Å²) in [5.41, 5.74) is 2.83. The summed E-state index contributed by atoms with van der Waals surface area (Å²) in [5.74, 6) is 0.668. The van der Waals surface area contributed by atoms with Crippen LogP contribution in [0.25, 0.3) is 11.0 Å². The van der Waals surface area contributed by atoms with Crippen molar-refractivity contribution in [3.05, 3.63) is 58.6 Å². The Balaban J connectivity index is 1.68. The minimum absolute atomic E-state index is 0.0244. The molecule has 2 aromatic carbocycles. The number of fused-ring (bicyclic) bond motifs is 2. The van der Waals surface area contributed by atoms with Crippen molar-refractivity contribution in [2.75, 3.05) is 0 Å². The van der Waals surface area contributed by atoms with Gasteiger partial charge in [-0.3, -0.25) is 0 Å². The second-order valence-corrected chi connectivity index (χ2v) is 5.64. The summed E-state index contributed by atoms with van der Waals surface area (Å²) in [7, 11) is 0. The average molecular weight is 300 g/mol. The predicted molar refractivity (Wildman–Crippen MR) is 81.6 cm³/mol. The summed E-state index contributed by atoms with van der Waals surface area (Å²) in [6.07, 6.45) is 0.872. The lowest BCUT2D eigenvalue weighted by Crippen LogP contribution is -2.20.